The van der Waals surface area contributed by atoms with Crippen molar-refractivity contribution in [2.45, 2.75) is 30.8 Å². The van der Waals surface area contributed by atoms with Crippen molar-refractivity contribution in [3.05, 3.63) is 12.7 Å². The molecule has 1 fully saturated rings. The average Bonchev–Trinajstić information content (AvgIpc) is 3.09. The highest BCUT2D eigenvalue weighted by molar-refractivity contribution is 5.82. The highest BCUT2D eigenvalue weighted by Crippen LogP contribution is 2.31. The first-order valence-corrected chi connectivity index (χ1v) is 6.98. The zero-order valence-electron chi connectivity index (χ0n) is 12.2. The van der Waals surface area contributed by atoms with Crippen LogP contribution in [-0.4, -0.2) is 77.0 Å². The Labute approximate surface area is 134 Å². The van der Waals surface area contributed by atoms with Crippen molar-refractivity contribution in [2.24, 2.45) is 0 Å². The molecule has 130 valence electrons. The number of amides is 1. The predicted octanol–water partition coefficient (Wildman–Crippen LogP) is -3.55. The SMILES string of the molecule is Nc1ncnc2c1ncn2[C@@H]1O[C@H](C(=O)NCC(O)O)C(O)[C@H]1O. The van der Waals surface area contributed by atoms with Gasteiger partial charge in [0, 0.05) is 0 Å². The maximum absolute atomic E-state index is 11.9. The third-order valence-electron chi connectivity index (χ3n) is 3.62. The van der Waals surface area contributed by atoms with E-state index in [0.717, 1.165) is 0 Å². The number of hydrogen-bond acceptors (Lipinski definition) is 10. The largest absolute Gasteiger partial charge is 0.387 e. The standard InChI is InChI=1S/C12H16N6O6/c13-9-5-10(16-2-15-9)18(3-17-5)12-7(22)6(21)8(24-12)11(23)14-1-4(19)20/h2-4,6-8,12,19-22H,1H2,(H,14,23)(H2,13,15,16)/t6?,7-,8+,12-/m1/s1. The minimum absolute atomic E-state index is 0.137. The number of anilines is 1. The Kier molecular flexibility index (Phi) is 4.29. The average molecular weight is 340 g/mol. The van der Waals surface area contributed by atoms with Crippen LogP contribution in [0.25, 0.3) is 11.2 Å². The Hall–Kier alpha value is -2.38. The van der Waals surface area contributed by atoms with Crippen molar-refractivity contribution in [3.8, 4) is 0 Å². The maximum atomic E-state index is 11.9. The molecule has 12 heteroatoms. The van der Waals surface area contributed by atoms with Crippen molar-refractivity contribution in [2.75, 3.05) is 12.3 Å². The number of nitrogen functional groups attached to an aromatic ring is 1. The Morgan fingerprint density at radius 3 is 2.79 bits per heavy atom. The third-order valence-corrected chi connectivity index (χ3v) is 3.62. The fourth-order valence-electron chi connectivity index (χ4n) is 2.45. The summed E-state index contributed by atoms with van der Waals surface area (Å²) in [5.41, 5.74) is 6.24. The molecule has 0 bridgehead atoms. The van der Waals surface area contributed by atoms with Gasteiger partial charge in [0.25, 0.3) is 5.91 Å². The second-order valence-electron chi connectivity index (χ2n) is 5.24. The number of imidazole rings is 1. The molecule has 1 amide bonds. The molecule has 3 heterocycles. The lowest BCUT2D eigenvalue weighted by molar-refractivity contribution is -0.139. The molecule has 0 radical (unpaired) electrons. The number of hydrogen-bond donors (Lipinski definition) is 6. The van der Waals surface area contributed by atoms with Crippen LogP contribution >= 0.6 is 0 Å². The molecule has 0 aromatic carbocycles. The van der Waals surface area contributed by atoms with Crippen molar-refractivity contribution in [1.82, 2.24) is 24.8 Å². The summed E-state index contributed by atoms with van der Waals surface area (Å²) in [5.74, 6) is -0.659. The number of carbonyl (C=O) groups excluding carboxylic acids is 1. The Morgan fingerprint density at radius 2 is 2.08 bits per heavy atom. The van der Waals surface area contributed by atoms with E-state index in [0.29, 0.717) is 5.52 Å². The van der Waals surface area contributed by atoms with E-state index in [9.17, 15) is 15.0 Å². The summed E-state index contributed by atoms with van der Waals surface area (Å²) in [6.45, 7) is -0.441. The summed E-state index contributed by atoms with van der Waals surface area (Å²) in [7, 11) is 0. The highest BCUT2D eigenvalue weighted by atomic mass is 16.6. The minimum atomic E-state index is -1.74. The van der Waals surface area contributed by atoms with Crippen LogP contribution in [0.5, 0.6) is 0 Å². The van der Waals surface area contributed by atoms with Crippen LogP contribution in [0.2, 0.25) is 0 Å². The highest BCUT2D eigenvalue weighted by Gasteiger charge is 2.47. The zero-order chi connectivity index (χ0) is 17.4. The van der Waals surface area contributed by atoms with Crippen molar-refractivity contribution in [1.29, 1.82) is 0 Å². The van der Waals surface area contributed by atoms with E-state index in [1.54, 1.807) is 0 Å². The van der Waals surface area contributed by atoms with E-state index in [1.807, 2.05) is 0 Å². The molecular formula is C12H16N6O6. The van der Waals surface area contributed by atoms with Crippen molar-refractivity contribution >= 4 is 22.9 Å². The zero-order valence-corrected chi connectivity index (χ0v) is 12.2. The molecule has 7 N–H and O–H groups in total. The summed E-state index contributed by atoms with van der Waals surface area (Å²) < 4.78 is 6.75. The minimum Gasteiger partial charge on any atom is -0.387 e. The second kappa shape index (κ2) is 6.26. The number of nitrogens with zero attached hydrogens (tertiary/aromatic N) is 4. The number of carbonyl (C=O) groups is 1. The number of fused-ring (bicyclic) bond motifs is 1. The first-order chi connectivity index (χ1) is 11.4. The fourth-order valence-corrected chi connectivity index (χ4v) is 2.45. The number of nitrogens with two attached hydrogens (primary N) is 1. The van der Waals surface area contributed by atoms with E-state index < -0.39 is 43.3 Å². The van der Waals surface area contributed by atoms with Crippen LogP contribution in [0.15, 0.2) is 12.7 Å². The normalized spacial score (nSPS) is 27.0. The Balaban J connectivity index is 1.84. The molecule has 0 spiro atoms. The van der Waals surface area contributed by atoms with E-state index in [2.05, 4.69) is 20.3 Å². The van der Waals surface area contributed by atoms with Crippen LogP contribution in [0.1, 0.15) is 6.23 Å². The Morgan fingerprint density at radius 1 is 1.33 bits per heavy atom. The molecule has 0 aliphatic carbocycles. The molecule has 2 aromatic heterocycles. The summed E-state index contributed by atoms with van der Waals surface area (Å²) in [6.07, 6.45) is -4.73. The van der Waals surface area contributed by atoms with Crippen LogP contribution in [0, 0.1) is 0 Å². The molecule has 12 nitrogen and oxygen atoms in total. The van der Waals surface area contributed by atoms with Crippen molar-refractivity contribution in [3.63, 3.8) is 0 Å². The number of aromatic nitrogens is 4. The Bertz CT molecular complexity index is 751. The molecule has 3 rings (SSSR count). The monoisotopic (exact) mass is 340 g/mol. The van der Waals surface area contributed by atoms with E-state index in [4.69, 9.17) is 20.7 Å². The quantitative estimate of drug-likeness (QED) is 0.304. The summed E-state index contributed by atoms with van der Waals surface area (Å²) in [6, 6.07) is 0. The number of ether oxygens (including phenoxy) is 1. The van der Waals surface area contributed by atoms with Crippen LogP contribution < -0.4 is 11.1 Å². The lowest BCUT2D eigenvalue weighted by Gasteiger charge is -2.16. The molecule has 24 heavy (non-hydrogen) atoms. The molecule has 1 unspecified atom stereocenters. The van der Waals surface area contributed by atoms with E-state index in [1.165, 1.54) is 17.2 Å². The van der Waals surface area contributed by atoms with E-state index >= 15 is 0 Å². The third kappa shape index (κ3) is 2.76. The number of aliphatic hydroxyl groups is 4. The number of aliphatic hydroxyl groups excluding tert-OH is 3. The smallest absolute Gasteiger partial charge is 0.252 e. The molecular weight excluding hydrogens is 324 g/mol. The summed E-state index contributed by atoms with van der Waals surface area (Å²) in [4.78, 5) is 23.8. The van der Waals surface area contributed by atoms with Crippen molar-refractivity contribution < 1.29 is 30.0 Å². The first-order valence-electron chi connectivity index (χ1n) is 6.98. The summed E-state index contributed by atoms with van der Waals surface area (Å²) >= 11 is 0. The van der Waals surface area contributed by atoms with Gasteiger partial charge in [0.2, 0.25) is 0 Å². The first kappa shape index (κ1) is 16.5. The van der Waals surface area contributed by atoms with Gasteiger partial charge in [0.1, 0.15) is 24.1 Å². The number of rotatable bonds is 4. The van der Waals surface area contributed by atoms with Gasteiger partial charge in [-0.05, 0) is 0 Å². The lowest BCUT2D eigenvalue weighted by Crippen LogP contribution is -2.44. The topological polar surface area (TPSA) is 189 Å². The van der Waals surface area contributed by atoms with E-state index in [-0.39, 0.29) is 11.5 Å². The van der Waals surface area contributed by atoms with Gasteiger partial charge in [0.15, 0.2) is 30.1 Å². The van der Waals surface area contributed by atoms with Crippen LogP contribution in [0.3, 0.4) is 0 Å². The molecule has 0 saturated carbocycles. The molecule has 1 aliphatic heterocycles. The second-order valence-corrected chi connectivity index (χ2v) is 5.24. The van der Waals surface area contributed by atoms with Gasteiger partial charge in [-0.2, -0.15) is 0 Å². The van der Waals surface area contributed by atoms with Crippen LogP contribution in [0.4, 0.5) is 5.82 Å². The predicted molar refractivity (Wildman–Crippen MR) is 76.9 cm³/mol. The lowest BCUT2D eigenvalue weighted by atomic mass is 10.1. The molecule has 1 saturated heterocycles. The van der Waals surface area contributed by atoms with Gasteiger partial charge in [0.05, 0.1) is 12.9 Å². The molecule has 2 aromatic rings. The van der Waals surface area contributed by atoms with Crippen LogP contribution in [-0.2, 0) is 9.53 Å². The molecule has 4 atom stereocenters. The molecule has 1 aliphatic rings. The maximum Gasteiger partial charge on any atom is 0.252 e. The number of nitrogens with one attached hydrogen (secondary N) is 1. The van der Waals surface area contributed by atoms with Gasteiger partial charge in [-0.15, -0.1) is 0 Å². The van der Waals surface area contributed by atoms with Gasteiger partial charge in [-0.3, -0.25) is 9.36 Å². The van der Waals surface area contributed by atoms with Gasteiger partial charge >= 0.3 is 0 Å². The van der Waals surface area contributed by atoms with Gasteiger partial charge in [-0.1, -0.05) is 0 Å². The van der Waals surface area contributed by atoms with Gasteiger partial charge in [-0.25, -0.2) is 15.0 Å². The van der Waals surface area contributed by atoms with Gasteiger partial charge < -0.3 is 36.2 Å². The summed E-state index contributed by atoms with van der Waals surface area (Å²) in [5, 5.41) is 39.9. The fraction of sp³-hybridized carbons (Fsp3) is 0.500.